The predicted molar refractivity (Wildman–Crippen MR) is 251 cm³/mol. The van der Waals surface area contributed by atoms with Crippen LogP contribution in [-0.4, -0.2) is 19.9 Å². The average molecular weight is 787 g/mol. The zero-order chi connectivity index (χ0) is 41.4. The van der Waals surface area contributed by atoms with E-state index in [1.165, 1.54) is 104 Å². The summed E-state index contributed by atoms with van der Waals surface area (Å²) < 4.78 is 15.7. The first kappa shape index (κ1) is 38.8. The van der Waals surface area contributed by atoms with Crippen LogP contribution in [0.1, 0.15) is 113 Å². The van der Waals surface area contributed by atoms with Crippen molar-refractivity contribution < 1.29 is 9.47 Å². The highest BCUT2D eigenvalue weighted by Crippen LogP contribution is 2.52. The maximum Gasteiger partial charge on any atom is 0.264 e. The molecular formula is C52H59BN2O2S. The van der Waals surface area contributed by atoms with Crippen LogP contribution in [0.2, 0.25) is 0 Å². The molecule has 0 saturated carbocycles. The highest BCUT2D eigenvalue weighted by molar-refractivity contribution is 7.33. The summed E-state index contributed by atoms with van der Waals surface area (Å²) in [6, 6.07) is 26.4. The predicted octanol–water partition coefficient (Wildman–Crippen LogP) is 12.6. The van der Waals surface area contributed by atoms with E-state index in [0.717, 1.165) is 17.9 Å². The van der Waals surface area contributed by atoms with E-state index in [0.29, 0.717) is 13.2 Å². The molecule has 6 aromatic rings. The SMILES string of the molecule is Cc1cc2c3c(c1)N(c1c(C)cc(C(C)(C)C)cc1C)c1c(sc4ccc(C(C)(C)C)cc14)B3c1cc3c(cc1N2c1c(C)cc(C(C)(C)C)cc1C)OCCCO3. The van der Waals surface area contributed by atoms with Gasteiger partial charge in [-0.05, 0) is 137 Å². The summed E-state index contributed by atoms with van der Waals surface area (Å²) in [7, 11) is 0. The van der Waals surface area contributed by atoms with Crippen LogP contribution < -0.4 is 35.0 Å². The molecule has 58 heavy (non-hydrogen) atoms. The molecule has 5 aromatic carbocycles. The number of ether oxygens (including phenoxy) is 2. The molecule has 4 nitrogen and oxygen atoms in total. The minimum Gasteiger partial charge on any atom is -0.490 e. The van der Waals surface area contributed by atoms with Crippen molar-refractivity contribution in [2.24, 2.45) is 0 Å². The fraction of sp³-hybridized carbons (Fsp3) is 0.385. The third kappa shape index (κ3) is 6.07. The van der Waals surface area contributed by atoms with Gasteiger partial charge in [0.05, 0.1) is 30.3 Å². The van der Waals surface area contributed by atoms with Crippen LogP contribution in [-0.2, 0) is 16.2 Å². The number of nitrogens with zero attached hydrogens (tertiary/aromatic N) is 2. The number of hydrogen-bond acceptors (Lipinski definition) is 5. The molecule has 0 saturated heterocycles. The molecule has 0 fully saturated rings. The average Bonchev–Trinajstić information content (AvgIpc) is 3.34. The van der Waals surface area contributed by atoms with E-state index >= 15 is 0 Å². The van der Waals surface area contributed by atoms with Crippen LogP contribution in [0.4, 0.5) is 34.1 Å². The summed E-state index contributed by atoms with van der Waals surface area (Å²) in [5.41, 5.74) is 20.6. The maximum absolute atomic E-state index is 6.51. The normalized spacial score (nSPS) is 15.0. The Morgan fingerprint density at radius 1 is 0.534 bits per heavy atom. The fourth-order valence-electron chi connectivity index (χ4n) is 9.69. The minimum absolute atomic E-state index is 0.000314. The summed E-state index contributed by atoms with van der Waals surface area (Å²) in [6.07, 6.45) is 0.862. The van der Waals surface area contributed by atoms with E-state index < -0.39 is 0 Å². The lowest BCUT2D eigenvalue weighted by Crippen LogP contribution is -2.60. The Bertz CT molecular complexity index is 2640. The molecule has 0 bridgehead atoms. The van der Waals surface area contributed by atoms with Crippen molar-refractivity contribution in [3.63, 3.8) is 0 Å². The van der Waals surface area contributed by atoms with Gasteiger partial charge >= 0.3 is 0 Å². The van der Waals surface area contributed by atoms with Gasteiger partial charge in [0.2, 0.25) is 0 Å². The van der Waals surface area contributed by atoms with Gasteiger partial charge in [-0.25, -0.2) is 0 Å². The number of aryl methyl sites for hydroxylation is 5. The number of hydrogen-bond donors (Lipinski definition) is 0. The molecule has 0 aliphatic carbocycles. The van der Waals surface area contributed by atoms with Crippen molar-refractivity contribution in [2.45, 2.75) is 120 Å². The second kappa shape index (κ2) is 13.2. The lowest BCUT2D eigenvalue weighted by Gasteiger charge is -2.45. The van der Waals surface area contributed by atoms with Gasteiger partial charge in [-0.15, -0.1) is 11.3 Å². The highest BCUT2D eigenvalue weighted by Gasteiger charge is 2.47. The van der Waals surface area contributed by atoms with Crippen molar-refractivity contribution >= 4 is 78.0 Å². The number of thiophene rings is 1. The van der Waals surface area contributed by atoms with E-state index in [9.17, 15) is 0 Å². The Balaban J connectivity index is 1.43. The molecule has 0 N–H and O–H groups in total. The minimum atomic E-state index is -0.000314. The van der Waals surface area contributed by atoms with Gasteiger partial charge in [0, 0.05) is 44.4 Å². The molecule has 298 valence electrons. The first-order valence-electron chi connectivity index (χ1n) is 21.2. The van der Waals surface area contributed by atoms with E-state index in [4.69, 9.17) is 9.47 Å². The molecule has 0 spiro atoms. The molecular weight excluding hydrogens is 727 g/mol. The second-order valence-corrected chi connectivity index (χ2v) is 21.5. The van der Waals surface area contributed by atoms with Crippen LogP contribution in [0.15, 0.2) is 66.7 Å². The van der Waals surface area contributed by atoms with Crippen molar-refractivity contribution in [2.75, 3.05) is 23.0 Å². The zero-order valence-corrected chi connectivity index (χ0v) is 38.0. The standard InChI is InChI=1S/C52H59BN2O2S/c1-29-20-40-45-41(21-29)55(47-32(4)24-36(25-33(47)5)52(12,13)14)48-37-26-34(50(6,7)8)16-17-44(37)58-49(48)53(45)38-27-42-43(57-19-15-18-56-42)28-39(38)54(40)46-30(2)22-35(23-31(46)3)51(9,10)11/h16-17,20-28H,15,18-19H2,1-14H3. The van der Waals surface area contributed by atoms with Gasteiger partial charge in [0.25, 0.3) is 6.71 Å². The third-order valence-corrected chi connectivity index (χ3v) is 13.9. The quantitative estimate of drug-likeness (QED) is 0.163. The summed E-state index contributed by atoms with van der Waals surface area (Å²) in [6.45, 7) is 33.7. The number of benzene rings is 5. The van der Waals surface area contributed by atoms with Crippen molar-refractivity contribution in [3.05, 3.63) is 111 Å². The van der Waals surface area contributed by atoms with E-state index in [1.54, 1.807) is 0 Å². The molecule has 4 heterocycles. The fourth-order valence-corrected chi connectivity index (χ4v) is 11.0. The smallest absolute Gasteiger partial charge is 0.264 e. The number of anilines is 6. The van der Waals surface area contributed by atoms with Gasteiger partial charge in [-0.2, -0.15) is 0 Å². The van der Waals surface area contributed by atoms with Crippen molar-refractivity contribution in [1.29, 1.82) is 0 Å². The summed E-state index contributed by atoms with van der Waals surface area (Å²) in [5, 5.41) is 1.32. The largest absolute Gasteiger partial charge is 0.490 e. The lowest BCUT2D eigenvalue weighted by atomic mass is 9.36. The maximum atomic E-state index is 6.51. The van der Waals surface area contributed by atoms with Crippen LogP contribution in [0.3, 0.4) is 0 Å². The topological polar surface area (TPSA) is 24.9 Å². The van der Waals surface area contributed by atoms with Gasteiger partial charge in [0.15, 0.2) is 11.5 Å². The summed E-state index contributed by atoms with van der Waals surface area (Å²) in [5.74, 6) is 1.67. The summed E-state index contributed by atoms with van der Waals surface area (Å²) >= 11 is 1.96. The Labute approximate surface area is 351 Å². The van der Waals surface area contributed by atoms with Crippen LogP contribution in [0.25, 0.3) is 10.1 Å². The van der Waals surface area contributed by atoms with Gasteiger partial charge in [-0.3, -0.25) is 0 Å². The number of rotatable bonds is 2. The molecule has 3 aliphatic heterocycles. The monoisotopic (exact) mass is 786 g/mol. The van der Waals surface area contributed by atoms with E-state index in [-0.39, 0.29) is 23.0 Å². The molecule has 9 rings (SSSR count). The Morgan fingerprint density at radius 2 is 1.03 bits per heavy atom. The molecule has 0 amide bonds. The molecule has 3 aliphatic rings. The first-order chi connectivity index (χ1) is 27.2. The van der Waals surface area contributed by atoms with Crippen molar-refractivity contribution in [3.8, 4) is 11.5 Å². The Hall–Kier alpha value is -4.68. The van der Waals surface area contributed by atoms with Gasteiger partial charge in [-0.1, -0.05) is 92.6 Å². The van der Waals surface area contributed by atoms with Crippen molar-refractivity contribution in [1.82, 2.24) is 0 Å². The van der Waals surface area contributed by atoms with Crippen LogP contribution >= 0.6 is 11.3 Å². The first-order valence-corrected chi connectivity index (χ1v) is 22.0. The van der Waals surface area contributed by atoms with Crippen LogP contribution in [0.5, 0.6) is 11.5 Å². The second-order valence-electron chi connectivity index (χ2n) is 20.4. The Kier molecular flexibility index (Phi) is 8.81. The molecule has 6 heteroatoms. The molecule has 1 aromatic heterocycles. The zero-order valence-electron chi connectivity index (χ0n) is 37.2. The van der Waals surface area contributed by atoms with E-state index in [1.807, 2.05) is 11.3 Å². The van der Waals surface area contributed by atoms with Crippen LogP contribution in [0, 0.1) is 34.6 Å². The van der Waals surface area contributed by atoms with E-state index in [2.05, 4.69) is 173 Å². The van der Waals surface area contributed by atoms with Gasteiger partial charge < -0.3 is 19.3 Å². The summed E-state index contributed by atoms with van der Waals surface area (Å²) in [4.78, 5) is 5.23. The lowest BCUT2D eigenvalue weighted by molar-refractivity contribution is 0.297. The Morgan fingerprint density at radius 3 is 1.57 bits per heavy atom. The molecule has 0 unspecified atom stereocenters. The molecule has 0 radical (unpaired) electrons. The van der Waals surface area contributed by atoms with Gasteiger partial charge in [0.1, 0.15) is 0 Å². The molecule has 0 atom stereocenters. The third-order valence-electron chi connectivity index (χ3n) is 12.7. The number of fused-ring (bicyclic) bond motifs is 7. The highest BCUT2D eigenvalue weighted by atomic mass is 32.1.